The molecule has 0 aliphatic rings. The molecule has 0 N–H and O–H groups in total. The van der Waals surface area contributed by atoms with E-state index in [1.54, 1.807) is 0 Å². The van der Waals surface area contributed by atoms with Gasteiger partial charge in [-0.2, -0.15) is 0 Å². The summed E-state index contributed by atoms with van der Waals surface area (Å²) in [7, 11) is 0. The van der Waals surface area contributed by atoms with E-state index in [1.165, 1.54) is 43.8 Å². The highest BCUT2D eigenvalue weighted by atomic mass is 16.3. The van der Waals surface area contributed by atoms with Gasteiger partial charge in [0.2, 0.25) is 0 Å². The van der Waals surface area contributed by atoms with E-state index in [2.05, 4.69) is 205 Å². The molecule has 0 saturated carbocycles. The summed E-state index contributed by atoms with van der Waals surface area (Å²) < 4.78 is 6.87. The van der Waals surface area contributed by atoms with E-state index in [1.807, 2.05) is 0 Å². The molecule has 0 atom stereocenters. The van der Waals surface area contributed by atoms with Gasteiger partial charge in [0.15, 0.2) is 0 Å². The summed E-state index contributed by atoms with van der Waals surface area (Å²) in [5.74, 6) is 0. The van der Waals surface area contributed by atoms with Crippen molar-refractivity contribution in [2.75, 3.05) is 4.90 Å². The molecule has 0 saturated heterocycles. The van der Waals surface area contributed by atoms with Crippen LogP contribution in [-0.2, 0) is 0 Å². The van der Waals surface area contributed by atoms with E-state index in [-0.39, 0.29) is 0 Å². The molecule has 0 bridgehead atoms. The van der Waals surface area contributed by atoms with Gasteiger partial charge in [0, 0.05) is 22.3 Å². The van der Waals surface area contributed by atoms with E-state index < -0.39 is 0 Å². The maximum absolute atomic E-state index is 6.87. The van der Waals surface area contributed by atoms with Crippen LogP contribution in [0.25, 0.3) is 76.9 Å². The molecule has 0 radical (unpaired) electrons. The third kappa shape index (κ3) is 5.12. The van der Waals surface area contributed by atoms with Gasteiger partial charge in [0.1, 0.15) is 11.2 Å². The van der Waals surface area contributed by atoms with Gasteiger partial charge in [0.25, 0.3) is 0 Å². The Hall–Kier alpha value is -6.90. The number of nitrogens with zero attached hydrogens (tertiary/aromatic N) is 1. The lowest BCUT2D eigenvalue weighted by atomic mass is 9.95. The fourth-order valence-electron chi connectivity index (χ4n) is 7.70. The van der Waals surface area contributed by atoms with Crippen molar-refractivity contribution >= 4 is 60.5 Å². The molecule has 244 valence electrons. The summed E-state index contributed by atoms with van der Waals surface area (Å²) in [6, 6.07) is 71.6. The molecule has 0 unspecified atom stereocenters. The fourth-order valence-corrected chi connectivity index (χ4v) is 7.70. The van der Waals surface area contributed by atoms with Crippen LogP contribution in [0.4, 0.5) is 17.1 Å². The Morgan fingerprint density at radius 2 is 0.904 bits per heavy atom. The Labute approximate surface area is 302 Å². The minimum absolute atomic E-state index is 0.861. The molecule has 52 heavy (non-hydrogen) atoms. The number of benzene rings is 9. The van der Waals surface area contributed by atoms with E-state index >= 15 is 0 Å². The van der Waals surface area contributed by atoms with E-state index in [0.717, 1.165) is 50.1 Å². The van der Waals surface area contributed by atoms with E-state index in [9.17, 15) is 0 Å². The molecule has 2 heteroatoms. The van der Waals surface area contributed by atoms with Crippen LogP contribution in [0.1, 0.15) is 0 Å². The van der Waals surface area contributed by atoms with Crippen molar-refractivity contribution in [2.45, 2.75) is 0 Å². The topological polar surface area (TPSA) is 16.4 Å². The SMILES string of the molecule is c1ccc(-c2ccc(N(c3ccc(-c4ccc5ccccc5c4)cc3)c3cccc4oc5c(-c6ccccc6)cc6ccccc6c5c34)cc2)cc1. The van der Waals surface area contributed by atoms with Crippen LogP contribution in [-0.4, -0.2) is 0 Å². The van der Waals surface area contributed by atoms with Gasteiger partial charge in [-0.3, -0.25) is 0 Å². The van der Waals surface area contributed by atoms with E-state index in [4.69, 9.17) is 4.42 Å². The normalized spacial score (nSPS) is 11.5. The molecule has 10 aromatic rings. The number of rotatable bonds is 6. The molecule has 0 aliphatic heterocycles. The Morgan fingerprint density at radius 3 is 1.62 bits per heavy atom. The van der Waals surface area contributed by atoms with Crippen molar-refractivity contribution in [3.05, 3.63) is 200 Å². The highest BCUT2D eigenvalue weighted by Crippen LogP contribution is 2.47. The molecule has 10 rings (SSSR count). The first kappa shape index (κ1) is 30.0. The van der Waals surface area contributed by atoms with Crippen LogP contribution in [0.15, 0.2) is 205 Å². The average molecular weight is 664 g/mol. The number of furan rings is 1. The molecule has 1 aromatic heterocycles. The zero-order valence-electron chi connectivity index (χ0n) is 28.4. The molecule has 2 nitrogen and oxygen atoms in total. The molecular weight excluding hydrogens is 631 g/mol. The van der Waals surface area contributed by atoms with Gasteiger partial charge in [-0.25, -0.2) is 0 Å². The van der Waals surface area contributed by atoms with Crippen LogP contribution in [0.3, 0.4) is 0 Å². The molecule has 0 fully saturated rings. The van der Waals surface area contributed by atoms with Gasteiger partial charge >= 0.3 is 0 Å². The molecule has 0 aliphatic carbocycles. The van der Waals surface area contributed by atoms with Gasteiger partial charge in [0.05, 0.1) is 11.1 Å². The van der Waals surface area contributed by atoms with Crippen molar-refractivity contribution in [2.24, 2.45) is 0 Å². The first-order valence-corrected chi connectivity index (χ1v) is 17.8. The predicted octanol–water partition coefficient (Wildman–Crippen LogP) is 14.4. The third-order valence-corrected chi connectivity index (χ3v) is 10.2. The smallest absolute Gasteiger partial charge is 0.143 e. The minimum atomic E-state index is 0.861. The molecule has 9 aromatic carbocycles. The first-order valence-electron chi connectivity index (χ1n) is 17.8. The van der Waals surface area contributed by atoms with Crippen LogP contribution in [0, 0.1) is 0 Å². The van der Waals surface area contributed by atoms with Crippen molar-refractivity contribution in [1.82, 2.24) is 0 Å². The van der Waals surface area contributed by atoms with Crippen molar-refractivity contribution in [1.29, 1.82) is 0 Å². The second-order valence-electron chi connectivity index (χ2n) is 13.3. The summed E-state index contributed by atoms with van der Waals surface area (Å²) in [5.41, 5.74) is 12.0. The number of hydrogen-bond donors (Lipinski definition) is 0. The number of hydrogen-bond acceptors (Lipinski definition) is 2. The predicted molar refractivity (Wildman–Crippen MR) is 220 cm³/mol. The van der Waals surface area contributed by atoms with Crippen molar-refractivity contribution < 1.29 is 4.42 Å². The summed E-state index contributed by atoms with van der Waals surface area (Å²) in [6.45, 7) is 0. The minimum Gasteiger partial charge on any atom is -0.455 e. The Bertz CT molecular complexity index is 2870. The molecule has 1 heterocycles. The van der Waals surface area contributed by atoms with Gasteiger partial charge in [-0.15, -0.1) is 0 Å². The maximum atomic E-state index is 6.87. The summed E-state index contributed by atoms with van der Waals surface area (Å²) in [6.07, 6.45) is 0. The van der Waals surface area contributed by atoms with Crippen LogP contribution in [0.2, 0.25) is 0 Å². The standard InChI is InChI=1S/C50H33NO/c1-3-12-34(13-4-1)36-24-28-42(29-25-36)51(43-30-26-37(27-31-43)40-23-22-35-14-7-8-17-39(35)32-40)46-20-11-21-47-49(46)48-44-19-10-9-18-41(44)33-45(50(48)52-47)38-15-5-2-6-16-38/h1-33H. The number of anilines is 3. The second-order valence-corrected chi connectivity index (χ2v) is 13.3. The lowest BCUT2D eigenvalue weighted by Crippen LogP contribution is -2.10. The van der Waals surface area contributed by atoms with Crippen molar-refractivity contribution in [3.8, 4) is 33.4 Å². The highest BCUT2D eigenvalue weighted by Gasteiger charge is 2.23. The van der Waals surface area contributed by atoms with Gasteiger partial charge in [-0.05, 0) is 97.9 Å². The number of fused-ring (bicyclic) bond motifs is 6. The zero-order chi connectivity index (χ0) is 34.4. The monoisotopic (exact) mass is 663 g/mol. The fraction of sp³-hybridized carbons (Fsp3) is 0. The summed E-state index contributed by atoms with van der Waals surface area (Å²) in [5, 5.41) is 7.07. The third-order valence-electron chi connectivity index (χ3n) is 10.2. The largest absolute Gasteiger partial charge is 0.455 e. The zero-order valence-corrected chi connectivity index (χ0v) is 28.4. The van der Waals surface area contributed by atoms with Gasteiger partial charge in [-0.1, -0.05) is 152 Å². The molecule has 0 spiro atoms. The van der Waals surface area contributed by atoms with Gasteiger partial charge < -0.3 is 9.32 Å². The highest BCUT2D eigenvalue weighted by molar-refractivity contribution is 6.26. The summed E-state index contributed by atoms with van der Waals surface area (Å²) in [4.78, 5) is 2.38. The van der Waals surface area contributed by atoms with Crippen LogP contribution in [0.5, 0.6) is 0 Å². The lowest BCUT2D eigenvalue weighted by molar-refractivity contribution is 0.670. The molecular formula is C50H33NO. The van der Waals surface area contributed by atoms with Crippen LogP contribution >= 0.6 is 0 Å². The average Bonchev–Trinajstić information content (AvgIpc) is 3.63. The summed E-state index contributed by atoms with van der Waals surface area (Å²) >= 11 is 0. The molecule has 0 amide bonds. The Balaban J connectivity index is 1.20. The van der Waals surface area contributed by atoms with Crippen LogP contribution < -0.4 is 4.90 Å². The quantitative estimate of drug-likeness (QED) is 0.176. The maximum Gasteiger partial charge on any atom is 0.143 e. The van der Waals surface area contributed by atoms with E-state index in [0.29, 0.717) is 0 Å². The second kappa shape index (κ2) is 12.5. The Kier molecular flexibility index (Phi) is 7.18. The first-order chi connectivity index (χ1) is 25.8. The lowest BCUT2D eigenvalue weighted by Gasteiger charge is -2.27. The Morgan fingerprint density at radius 1 is 0.346 bits per heavy atom. The van der Waals surface area contributed by atoms with Crippen molar-refractivity contribution in [3.63, 3.8) is 0 Å².